The molecule has 6 nitrogen and oxygen atoms in total. The fraction of sp³-hybridized carbons (Fsp3) is 0.381. The minimum absolute atomic E-state index is 0.0185. The van der Waals surface area contributed by atoms with E-state index < -0.39 is 13.1 Å². The second kappa shape index (κ2) is 7.95. The number of amides is 1. The van der Waals surface area contributed by atoms with Crippen molar-refractivity contribution in [3.05, 3.63) is 64.7 Å². The van der Waals surface area contributed by atoms with Crippen molar-refractivity contribution in [1.82, 2.24) is 4.90 Å². The Kier molecular flexibility index (Phi) is 5.39. The lowest BCUT2D eigenvalue weighted by Gasteiger charge is -2.32. The Labute approximate surface area is 165 Å². The van der Waals surface area contributed by atoms with Gasteiger partial charge in [0.1, 0.15) is 11.8 Å². The van der Waals surface area contributed by atoms with Gasteiger partial charge in [-0.25, -0.2) is 0 Å². The average Bonchev–Trinajstić information content (AvgIpc) is 3.17. The number of carbonyl (C=O) groups excluding carboxylic acids is 1. The van der Waals surface area contributed by atoms with Crippen molar-refractivity contribution in [1.29, 1.82) is 0 Å². The van der Waals surface area contributed by atoms with E-state index in [4.69, 9.17) is 10.5 Å². The number of hydrogen-bond acceptors (Lipinski definition) is 5. The first kappa shape index (κ1) is 19.0. The molecule has 0 aliphatic carbocycles. The van der Waals surface area contributed by atoms with Crippen molar-refractivity contribution >= 4 is 13.0 Å². The van der Waals surface area contributed by atoms with Crippen LogP contribution in [-0.2, 0) is 13.0 Å². The smallest absolute Gasteiger partial charge is 0.492 e. The molecule has 0 bridgehead atoms. The number of likely N-dealkylation sites (tertiary alicyclic amines) is 1. The second-order valence-corrected chi connectivity index (χ2v) is 7.61. The monoisotopic (exact) mass is 380 g/mol. The van der Waals surface area contributed by atoms with Crippen LogP contribution < -0.4 is 10.5 Å². The summed E-state index contributed by atoms with van der Waals surface area (Å²) in [5.74, 6) is 1.09. The number of fused-ring (bicyclic) bond motifs is 1. The predicted molar refractivity (Wildman–Crippen MR) is 107 cm³/mol. The molecule has 2 aromatic carbocycles. The van der Waals surface area contributed by atoms with E-state index in [-0.39, 0.29) is 5.91 Å². The second-order valence-electron chi connectivity index (χ2n) is 7.61. The van der Waals surface area contributed by atoms with Gasteiger partial charge in [0, 0.05) is 31.6 Å². The van der Waals surface area contributed by atoms with E-state index in [0.29, 0.717) is 30.2 Å². The lowest BCUT2D eigenvalue weighted by Crippen LogP contribution is -2.38. The van der Waals surface area contributed by atoms with E-state index >= 15 is 0 Å². The van der Waals surface area contributed by atoms with Crippen LogP contribution in [0.5, 0.6) is 5.75 Å². The molecule has 1 fully saturated rings. The Bertz CT molecular complexity index is 865. The van der Waals surface area contributed by atoms with E-state index in [2.05, 4.69) is 18.2 Å². The number of rotatable bonds is 4. The van der Waals surface area contributed by atoms with Crippen molar-refractivity contribution in [2.45, 2.75) is 37.7 Å². The zero-order valence-corrected chi connectivity index (χ0v) is 15.8. The molecule has 28 heavy (non-hydrogen) atoms. The minimum atomic E-state index is -1.52. The summed E-state index contributed by atoms with van der Waals surface area (Å²) in [5.41, 5.74) is 9.66. The van der Waals surface area contributed by atoms with Crippen LogP contribution >= 0.6 is 0 Å². The van der Waals surface area contributed by atoms with E-state index in [9.17, 15) is 14.8 Å². The molecule has 0 radical (unpaired) electrons. The highest BCUT2D eigenvalue weighted by Gasteiger charge is 2.33. The van der Waals surface area contributed by atoms with Crippen molar-refractivity contribution in [2.75, 3.05) is 13.1 Å². The van der Waals surface area contributed by atoms with Gasteiger partial charge in [-0.1, -0.05) is 24.3 Å². The normalized spacial score (nSPS) is 19.2. The summed E-state index contributed by atoms with van der Waals surface area (Å²) in [6.45, 7) is 1.99. The molecule has 146 valence electrons. The summed E-state index contributed by atoms with van der Waals surface area (Å²) < 4.78 is 5.50. The Morgan fingerprint density at radius 3 is 2.68 bits per heavy atom. The molecular formula is C21H25BN2O4. The maximum atomic E-state index is 12.9. The van der Waals surface area contributed by atoms with E-state index in [1.165, 1.54) is 5.56 Å². The van der Waals surface area contributed by atoms with Gasteiger partial charge in [-0.05, 0) is 53.6 Å². The van der Waals surface area contributed by atoms with Crippen LogP contribution in [0.3, 0.4) is 0 Å². The topological polar surface area (TPSA) is 96.0 Å². The standard InChI is InChI=1S/C21H25BN2O4/c23-13-14-2-1-3-16(10-14)15-6-8-24(9-7-15)21(25)17-4-5-19-18(11-17)12-20(28-19)22(26)27/h1-5,10-11,15,20,26-27H,6-9,12-13,23H2. The summed E-state index contributed by atoms with van der Waals surface area (Å²) in [6, 6.07) is 13.1. The molecule has 7 heteroatoms. The first-order valence-corrected chi connectivity index (χ1v) is 9.79. The number of ether oxygens (including phenoxy) is 1. The molecule has 0 saturated carbocycles. The largest absolute Gasteiger partial charge is 0.495 e. The van der Waals surface area contributed by atoms with Crippen LogP contribution in [0.25, 0.3) is 0 Å². The third kappa shape index (κ3) is 3.78. The highest BCUT2D eigenvalue weighted by atomic mass is 16.5. The molecule has 1 atom stereocenters. The van der Waals surface area contributed by atoms with Gasteiger partial charge < -0.3 is 25.4 Å². The van der Waals surface area contributed by atoms with Gasteiger partial charge in [-0.15, -0.1) is 0 Å². The lowest BCUT2D eigenvalue weighted by molar-refractivity contribution is 0.0713. The maximum absolute atomic E-state index is 12.9. The zero-order chi connectivity index (χ0) is 19.7. The van der Waals surface area contributed by atoms with Gasteiger partial charge in [-0.3, -0.25) is 4.79 Å². The first-order valence-electron chi connectivity index (χ1n) is 9.79. The van der Waals surface area contributed by atoms with Gasteiger partial charge in [-0.2, -0.15) is 0 Å². The maximum Gasteiger partial charge on any atom is 0.495 e. The Hall–Kier alpha value is -2.35. The van der Waals surface area contributed by atoms with Crippen LogP contribution in [0, 0.1) is 0 Å². The molecule has 2 aliphatic heterocycles. The molecule has 4 N–H and O–H groups in total. The number of hydrogen-bond donors (Lipinski definition) is 3. The van der Waals surface area contributed by atoms with Crippen LogP contribution in [0.15, 0.2) is 42.5 Å². The zero-order valence-electron chi connectivity index (χ0n) is 15.8. The van der Waals surface area contributed by atoms with Crippen LogP contribution in [0.2, 0.25) is 0 Å². The molecule has 2 aliphatic rings. The number of carbonyl (C=O) groups is 1. The van der Waals surface area contributed by atoms with E-state index in [0.717, 1.165) is 37.1 Å². The summed E-state index contributed by atoms with van der Waals surface area (Å²) in [5, 5.41) is 18.6. The molecule has 0 spiro atoms. The molecule has 1 unspecified atom stereocenters. The van der Waals surface area contributed by atoms with E-state index in [1.54, 1.807) is 12.1 Å². The van der Waals surface area contributed by atoms with Gasteiger partial charge in [0.05, 0.1) is 0 Å². The first-order chi connectivity index (χ1) is 13.5. The van der Waals surface area contributed by atoms with Crippen molar-refractivity contribution in [3.63, 3.8) is 0 Å². The minimum Gasteiger partial charge on any atom is -0.492 e. The Balaban J connectivity index is 1.40. The number of nitrogens with zero attached hydrogens (tertiary/aromatic N) is 1. The fourth-order valence-electron chi connectivity index (χ4n) is 4.15. The summed E-state index contributed by atoms with van der Waals surface area (Å²) in [7, 11) is -1.52. The van der Waals surface area contributed by atoms with Crippen LogP contribution in [0.1, 0.15) is 45.8 Å². The molecule has 0 aromatic heterocycles. The summed E-state index contributed by atoms with van der Waals surface area (Å²) in [6.07, 6.45) is 2.27. The highest BCUT2D eigenvalue weighted by molar-refractivity contribution is 6.43. The Morgan fingerprint density at radius 1 is 1.18 bits per heavy atom. The summed E-state index contributed by atoms with van der Waals surface area (Å²) in [4.78, 5) is 14.8. The number of benzene rings is 2. The summed E-state index contributed by atoms with van der Waals surface area (Å²) >= 11 is 0. The molecule has 1 amide bonds. The van der Waals surface area contributed by atoms with Crippen molar-refractivity contribution in [2.24, 2.45) is 5.73 Å². The number of nitrogens with two attached hydrogens (primary N) is 1. The average molecular weight is 380 g/mol. The van der Waals surface area contributed by atoms with Crippen LogP contribution in [-0.4, -0.2) is 47.1 Å². The molecule has 4 rings (SSSR count). The third-order valence-electron chi connectivity index (χ3n) is 5.78. The SMILES string of the molecule is NCc1cccc(C2CCN(C(=O)c3ccc4c(c3)CC(B(O)O)O4)CC2)c1. The third-order valence-corrected chi connectivity index (χ3v) is 5.78. The van der Waals surface area contributed by atoms with Gasteiger partial charge in [0.2, 0.25) is 0 Å². The number of piperidine rings is 1. The highest BCUT2D eigenvalue weighted by Crippen LogP contribution is 2.32. The van der Waals surface area contributed by atoms with Crippen molar-refractivity contribution < 1.29 is 19.6 Å². The molecule has 1 saturated heterocycles. The molecule has 2 heterocycles. The van der Waals surface area contributed by atoms with Gasteiger partial charge >= 0.3 is 7.12 Å². The quantitative estimate of drug-likeness (QED) is 0.699. The predicted octanol–water partition coefficient (Wildman–Crippen LogP) is 1.48. The van der Waals surface area contributed by atoms with Crippen LogP contribution in [0.4, 0.5) is 0 Å². The van der Waals surface area contributed by atoms with Gasteiger partial charge in [0.25, 0.3) is 5.91 Å². The lowest BCUT2D eigenvalue weighted by atomic mass is 9.80. The molecule has 2 aromatic rings. The fourth-order valence-corrected chi connectivity index (χ4v) is 4.15. The Morgan fingerprint density at radius 2 is 1.96 bits per heavy atom. The van der Waals surface area contributed by atoms with E-state index in [1.807, 2.05) is 17.0 Å². The van der Waals surface area contributed by atoms with Crippen molar-refractivity contribution in [3.8, 4) is 5.75 Å². The molecular weight excluding hydrogens is 355 g/mol. The van der Waals surface area contributed by atoms with Gasteiger partial charge in [0.15, 0.2) is 0 Å².